The highest BCUT2D eigenvalue weighted by molar-refractivity contribution is 7.94. The zero-order valence-corrected chi connectivity index (χ0v) is 20.1. The van der Waals surface area contributed by atoms with Gasteiger partial charge in [-0.25, -0.2) is 18.2 Å². The van der Waals surface area contributed by atoms with Crippen LogP contribution in [0, 0.1) is 6.92 Å². The number of aryl methyl sites for hydroxylation is 3. The number of carboxylic acid groups (broad SMARTS) is 1. The first-order chi connectivity index (χ1) is 15.8. The van der Waals surface area contributed by atoms with Crippen LogP contribution >= 0.6 is 11.3 Å². The number of aromatic carboxylic acids is 1. The summed E-state index contributed by atoms with van der Waals surface area (Å²) < 4.78 is 32.6. The summed E-state index contributed by atoms with van der Waals surface area (Å²) in [6, 6.07) is 10.5. The standard InChI is InChI=1S/C24H26N2O5S2/c1-3-22(33(29,30)24-25-15(2)14-32-24)26-20-11-18-5-4-6-19(18)12-21(20)31-13-16-7-9-17(10-8-16)23(27)28/h7-12,14,22,26H,3-6,13H2,1-2H3,(H,27,28). The smallest absolute Gasteiger partial charge is 0.335 e. The Labute approximate surface area is 197 Å². The third kappa shape index (κ3) is 5.04. The number of nitrogens with one attached hydrogen (secondary N) is 1. The van der Waals surface area contributed by atoms with Crippen LogP contribution in [0.4, 0.5) is 5.69 Å². The number of sulfone groups is 1. The Bertz CT molecular complexity index is 1270. The molecule has 2 N–H and O–H groups in total. The molecule has 2 aromatic carbocycles. The number of carbonyl (C=O) groups is 1. The van der Waals surface area contributed by atoms with E-state index in [0.29, 0.717) is 23.6 Å². The number of hydrogen-bond donors (Lipinski definition) is 2. The topological polar surface area (TPSA) is 106 Å². The molecular formula is C24H26N2O5S2. The van der Waals surface area contributed by atoms with Gasteiger partial charge in [0, 0.05) is 11.1 Å². The van der Waals surface area contributed by atoms with Crippen molar-refractivity contribution < 1.29 is 23.1 Å². The average Bonchev–Trinajstić information content (AvgIpc) is 3.44. The van der Waals surface area contributed by atoms with Gasteiger partial charge in [0.25, 0.3) is 0 Å². The molecule has 0 aliphatic heterocycles. The summed E-state index contributed by atoms with van der Waals surface area (Å²) in [7, 11) is -3.65. The molecule has 9 heteroatoms. The molecule has 33 heavy (non-hydrogen) atoms. The van der Waals surface area contributed by atoms with Gasteiger partial charge in [0.15, 0.2) is 0 Å². The zero-order chi connectivity index (χ0) is 23.6. The van der Waals surface area contributed by atoms with Gasteiger partial charge < -0.3 is 15.2 Å². The van der Waals surface area contributed by atoms with E-state index in [-0.39, 0.29) is 16.5 Å². The SMILES string of the molecule is CCC(Nc1cc2c(cc1OCc1ccc(C(=O)O)cc1)CCC2)S(=O)(=O)c1nc(C)cs1. The first kappa shape index (κ1) is 23.3. The van der Waals surface area contributed by atoms with Crippen LogP contribution in [-0.2, 0) is 29.3 Å². The van der Waals surface area contributed by atoms with E-state index >= 15 is 0 Å². The van der Waals surface area contributed by atoms with Crippen LogP contribution in [0.1, 0.15) is 52.5 Å². The van der Waals surface area contributed by atoms with Crippen LogP contribution in [0.15, 0.2) is 46.1 Å². The van der Waals surface area contributed by atoms with Crippen LogP contribution in [0.25, 0.3) is 0 Å². The first-order valence-electron chi connectivity index (χ1n) is 10.8. The minimum atomic E-state index is -3.65. The molecule has 1 unspecified atom stereocenters. The third-order valence-electron chi connectivity index (χ3n) is 5.69. The van der Waals surface area contributed by atoms with Crippen molar-refractivity contribution in [1.82, 2.24) is 4.98 Å². The second-order valence-electron chi connectivity index (χ2n) is 8.10. The highest BCUT2D eigenvalue weighted by Gasteiger charge is 2.30. The van der Waals surface area contributed by atoms with E-state index in [1.807, 2.05) is 19.1 Å². The molecule has 0 bridgehead atoms. The van der Waals surface area contributed by atoms with Crippen LogP contribution in [0.5, 0.6) is 5.75 Å². The van der Waals surface area contributed by atoms with Gasteiger partial charge in [0.05, 0.1) is 11.3 Å². The van der Waals surface area contributed by atoms with Gasteiger partial charge in [-0.1, -0.05) is 19.1 Å². The molecule has 0 saturated heterocycles. The normalized spacial score (nSPS) is 14.0. The summed E-state index contributed by atoms with van der Waals surface area (Å²) >= 11 is 1.13. The van der Waals surface area contributed by atoms with Gasteiger partial charge in [-0.3, -0.25) is 0 Å². The summed E-state index contributed by atoms with van der Waals surface area (Å²) in [5, 5.41) is 13.2. The number of rotatable bonds is 9. The second-order valence-corrected chi connectivity index (χ2v) is 11.3. The van der Waals surface area contributed by atoms with Crippen molar-refractivity contribution in [2.75, 3.05) is 5.32 Å². The van der Waals surface area contributed by atoms with E-state index in [1.165, 1.54) is 11.1 Å². The Morgan fingerprint density at radius 1 is 1.21 bits per heavy atom. The maximum absolute atomic E-state index is 13.2. The Hall–Kier alpha value is -2.91. The molecule has 0 amide bonds. The molecule has 4 rings (SSSR count). The molecule has 1 aromatic heterocycles. The summed E-state index contributed by atoms with van der Waals surface area (Å²) in [6.45, 7) is 3.84. The molecular weight excluding hydrogens is 460 g/mol. The van der Waals surface area contributed by atoms with Crippen molar-refractivity contribution in [3.05, 3.63) is 69.7 Å². The lowest BCUT2D eigenvalue weighted by molar-refractivity contribution is 0.0697. The molecule has 0 fully saturated rings. The van der Waals surface area contributed by atoms with Crippen LogP contribution < -0.4 is 10.1 Å². The molecule has 1 aliphatic rings. The quantitative estimate of drug-likeness (QED) is 0.446. The van der Waals surface area contributed by atoms with Crippen LogP contribution in [0.2, 0.25) is 0 Å². The van der Waals surface area contributed by atoms with E-state index in [4.69, 9.17) is 9.84 Å². The van der Waals surface area contributed by atoms with Crippen molar-refractivity contribution >= 4 is 32.8 Å². The molecule has 0 saturated carbocycles. The molecule has 3 aromatic rings. The lowest BCUT2D eigenvalue weighted by Crippen LogP contribution is -2.29. The Morgan fingerprint density at radius 2 is 1.91 bits per heavy atom. The van der Waals surface area contributed by atoms with Gasteiger partial charge in [-0.2, -0.15) is 0 Å². The largest absolute Gasteiger partial charge is 0.487 e. The van der Waals surface area contributed by atoms with E-state index in [2.05, 4.69) is 10.3 Å². The van der Waals surface area contributed by atoms with Crippen molar-refractivity contribution in [2.24, 2.45) is 0 Å². The van der Waals surface area contributed by atoms with Gasteiger partial charge >= 0.3 is 5.97 Å². The average molecular weight is 487 g/mol. The fourth-order valence-corrected chi connectivity index (χ4v) is 6.68. The number of aromatic nitrogens is 1. The summed E-state index contributed by atoms with van der Waals surface area (Å²) in [5.41, 5.74) is 4.78. The van der Waals surface area contributed by atoms with Gasteiger partial charge in [0.2, 0.25) is 14.2 Å². The highest BCUT2D eigenvalue weighted by atomic mass is 32.2. The molecule has 174 valence electrons. The highest BCUT2D eigenvalue weighted by Crippen LogP contribution is 2.36. The van der Waals surface area contributed by atoms with E-state index in [0.717, 1.165) is 36.2 Å². The molecule has 0 radical (unpaired) electrons. The van der Waals surface area contributed by atoms with Gasteiger partial charge in [-0.05, 0) is 73.6 Å². The van der Waals surface area contributed by atoms with Crippen molar-refractivity contribution in [2.45, 2.75) is 55.9 Å². The number of fused-ring (bicyclic) bond motifs is 1. The van der Waals surface area contributed by atoms with Crippen molar-refractivity contribution in [3.63, 3.8) is 0 Å². The van der Waals surface area contributed by atoms with Crippen LogP contribution in [-0.4, -0.2) is 29.9 Å². The fraction of sp³-hybridized carbons (Fsp3) is 0.333. The number of hydrogen-bond acceptors (Lipinski definition) is 7. The van der Waals surface area contributed by atoms with E-state index in [1.54, 1.807) is 36.6 Å². The fourth-order valence-electron chi connectivity index (χ4n) is 3.90. The second kappa shape index (κ2) is 9.52. The number of carboxylic acids is 1. The minimum absolute atomic E-state index is 0.112. The predicted octanol–water partition coefficient (Wildman–Crippen LogP) is 4.84. The molecule has 1 atom stereocenters. The molecule has 1 heterocycles. The van der Waals surface area contributed by atoms with E-state index in [9.17, 15) is 13.2 Å². The predicted molar refractivity (Wildman–Crippen MR) is 128 cm³/mol. The summed E-state index contributed by atoms with van der Waals surface area (Å²) in [6.07, 6.45) is 3.35. The third-order valence-corrected chi connectivity index (χ3v) is 9.21. The first-order valence-corrected chi connectivity index (χ1v) is 13.2. The molecule has 0 spiro atoms. The maximum atomic E-state index is 13.2. The van der Waals surface area contributed by atoms with Gasteiger partial charge in [0.1, 0.15) is 17.7 Å². The lowest BCUT2D eigenvalue weighted by atomic mass is 10.1. The van der Waals surface area contributed by atoms with E-state index < -0.39 is 21.2 Å². The number of ether oxygens (including phenoxy) is 1. The Morgan fingerprint density at radius 3 is 2.52 bits per heavy atom. The molecule has 7 nitrogen and oxygen atoms in total. The monoisotopic (exact) mass is 486 g/mol. The zero-order valence-electron chi connectivity index (χ0n) is 18.5. The number of anilines is 1. The van der Waals surface area contributed by atoms with Crippen molar-refractivity contribution in [1.29, 1.82) is 0 Å². The number of nitrogens with zero attached hydrogens (tertiary/aromatic N) is 1. The number of benzene rings is 2. The Balaban J connectivity index is 1.60. The van der Waals surface area contributed by atoms with Gasteiger partial charge in [-0.15, -0.1) is 11.3 Å². The maximum Gasteiger partial charge on any atom is 0.335 e. The molecule has 1 aliphatic carbocycles. The Kier molecular flexibility index (Phi) is 6.71. The minimum Gasteiger partial charge on any atom is -0.487 e. The lowest BCUT2D eigenvalue weighted by Gasteiger charge is -2.21. The summed E-state index contributed by atoms with van der Waals surface area (Å²) in [5.74, 6) is -0.392. The summed E-state index contributed by atoms with van der Waals surface area (Å²) in [4.78, 5) is 15.3. The van der Waals surface area contributed by atoms with Crippen molar-refractivity contribution in [3.8, 4) is 5.75 Å². The number of thiazole rings is 1. The van der Waals surface area contributed by atoms with Crippen LogP contribution in [0.3, 0.4) is 0 Å².